The van der Waals surface area contributed by atoms with E-state index in [2.05, 4.69) is 14.9 Å². The van der Waals surface area contributed by atoms with Gasteiger partial charge in [0.2, 0.25) is 0 Å². The van der Waals surface area contributed by atoms with Gasteiger partial charge in [0.25, 0.3) is 0 Å². The van der Waals surface area contributed by atoms with Crippen molar-refractivity contribution < 1.29 is 9.53 Å². The Kier molecular flexibility index (Phi) is 2.67. The molecule has 2 aliphatic heterocycles. The molecule has 0 amide bonds. The fourth-order valence-corrected chi connectivity index (χ4v) is 3.18. The summed E-state index contributed by atoms with van der Waals surface area (Å²) in [5.41, 5.74) is 0.278. The van der Waals surface area contributed by atoms with E-state index in [1.165, 1.54) is 0 Å². The minimum Gasteiger partial charge on any atom is -0.484 e. The Morgan fingerprint density at radius 3 is 3.00 bits per heavy atom. The molecule has 1 atom stereocenters. The lowest BCUT2D eigenvalue weighted by Gasteiger charge is -2.34. The number of nitrogens with zero attached hydrogens (tertiary/aromatic N) is 3. The highest BCUT2D eigenvalue weighted by Gasteiger charge is 2.46. The minimum atomic E-state index is -0.420. The van der Waals surface area contributed by atoms with E-state index < -0.39 is 5.60 Å². The molecule has 2 aromatic rings. The van der Waals surface area contributed by atoms with Crippen molar-refractivity contribution in [3.8, 4) is 5.75 Å². The predicted molar refractivity (Wildman–Crippen MR) is 77.6 cm³/mol. The van der Waals surface area contributed by atoms with Crippen LogP contribution in [0.5, 0.6) is 5.75 Å². The molecule has 4 rings (SSSR count). The van der Waals surface area contributed by atoms with Crippen LogP contribution in [0.3, 0.4) is 0 Å². The van der Waals surface area contributed by atoms with Crippen molar-refractivity contribution in [3.63, 3.8) is 0 Å². The maximum atomic E-state index is 12.4. The van der Waals surface area contributed by atoms with Crippen LogP contribution < -0.4 is 9.64 Å². The van der Waals surface area contributed by atoms with Crippen LogP contribution in [0.4, 0.5) is 5.82 Å². The van der Waals surface area contributed by atoms with Crippen molar-refractivity contribution in [1.82, 2.24) is 9.97 Å². The first-order valence-corrected chi connectivity index (χ1v) is 7.08. The average Bonchev–Trinajstić information content (AvgIpc) is 2.91. The van der Waals surface area contributed by atoms with Gasteiger partial charge in [0.1, 0.15) is 23.5 Å². The quantitative estimate of drug-likeness (QED) is 0.801. The Labute approximate surface area is 122 Å². The van der Waals surface area contributed by atoms with E-state index in [9.17, 15) is 4.79 Å². The van der Waals surface area contributed by atoms with E-state index in [1.807, 2.05) is 30.3 Å². The normalized spacial score (nSPS) is 24.0. The molecule has 0 saturated carbocycles. The lowest BCUT2D eigenvalue weighted by atomic mass is 9.89. The summed E-state index contributed by atoms with van der Waals surface area (Å²) in [6, 6.07) is 9.38. The number of ether oxygens (including phenoxy) is 1. The molecule has 1 spiro atoms. The maximum Gasteiger partial charge on any atom is 0.170 e. The molecule has 0 aliphatic carbocycles. The standard InChI is InChI=1S/C16H15N3O2/c20-13-9-16(21-14-4-2-1-3-12(13)14)6-8-19(10-16)15-5-7-17-11-18-15/h1-5,7,11H,6,8-10H2/t16-/m1/s1. The minimum absolute atomic E-state index is 0.168. The molecule has 1 aromatic carbocycles. The molecular formula is C16H15N3O2. The number of benzene rings is 1. The Morgan fingerprint density at radius 2 is 2.14 bits per heavy atom. The van der Waals surface area contributed by atoms with Crippen LogP contribution in [0, 0.1) is 0 Å². The van der Waals surface area contributed by atoms with Crippen molar-refractivity contribution >= 4 is 11.6 Å². The van der Waals surface area contributed by atoms with E-state index in [1.54, 1.807) is 12.5 Å². The summed E-state index contributed by atoms with van der Waals surface area (Å²) < 4.78 is 6.20. The number of ketones is 1. The predicted octanol–water partition coefficient (Wildman–Crippen LogP) is 2.09. The van der Waals surface area contributed by atoms with Gasteiger partial charge in [0.05, 0.1) is 18.5 Å². The summed E-state index contributed by atoms with van der Waals surface area (Å²) in [5, 5.41) is 0. The van der Waals surface area contributed by atoms with Crippen molar-refractivity contribution in [2.45, 2.75) is 18.4 Å². The van der Waals surface area contributed by atoms with Crippen molar-refractivity contribution in [3.05, 3.63) is 48.4 Å². The molecule has 106 valence electrons. The molecular weight excluding hydrogens is 266 g/mol. The van der Waals surface area contributed by atoms with E-state index in [0.29, 0.717) is 24.3 Å². The summed E-state index contributed by atoms with van der Waals surface area (Å²) in [5.74, 6) is 1.76. The highest BCUT2D eigenvalue weighted by molar-refractivity contribution is 6.00. The molecule has 5 nitrogen and oxygen atoms in total. The molecule has 3 heterocycles. The molecule has 21 heavy (non-hydrogen) atoms. The van der Waals surface area contributed by atoms with Crippen LogP contribution in [0.2, 0.25) is 0 Å². The number of Topliss-reactive ketones (excluding diaryl/α,β-unsaturated/α-hetero) is 1. The number of carbonyl (C=O) groups is 1. The van der Waals surface area contributed by atoms with E-state index in [-0.39, 0.29) is 5.78 Å². The fourth-order valence-electron chi connectivity index (χ4n) is 3.18. The molecule has 5 heteroatoms. The Hall–Kier alpha value is -2.43. The Morgan fingerprint density at radius 1 is 1.24 bits per heavy atom. The summed E-state index contributed by atoms with van der Waals surface area (Å²) in [7, 11) is 0. The van der Waals surface area contributed by atoms with Gasteiger partial charge in [-0.3, -0.25) is 4.79 Å². The van der Waals surface area contributed by atoms with Crippen LogP contribution >= 0.6 is 0 Å². The van der Waals surface area contributed by atoms with Gasteiger partial charge >= 0.3 is 0 Å². The van der Waals surface area contributed by atoms with Crippen molar-refractivity contribution in [2.75, 3.05) is 18.0 Å². The van der Waals surface area contributed by atoms with Gasteiger partial charge in [-0.25, -0.2) is 9.97 Å². The van der Waals surface area contributed by atoms with Crippen LogP contribution in [-0.4, -0.2) is 34.4 Å². The van der Waals surface area contributed by atoms with Gasteiger partial charge in [-0.2, -0.15) is 0 Å². The molecule has 1 aromatic heterocycles. The zero-order valence-corrected chi connectivity index (χ0v) is 11.5. The molecule has 0 radical (unpaired) electrons. The third-order valence-electron chi connectivity index (χ3n) is 4.20. The fraction of sp³-hybridized carbons (Fsp3) is 0.312. The number of rotatable bonds is 1. The van der Waals surface area contributed by atoms with E-state index in [0.717, 1.165) is 18.8 Å². The highest BCUT2D eigenvalue weighted by atomic mass is 16.5. The molecule has 0 unspecified atom stereocenters. The van der Waals surface area contributed by atoms with Gasteiger partial charge < -0.3 is 9.64 Å². The number of hydrogen-bond acceptors (Lipinski definition) is 5. The second kappa shape index (κ2) is 4.55. The van der Waals surface area contributed by atoms with E-state index in [4.69, 9.17) is 4.74 Å². The highest BCUT2D eigenvalue weighted by Crippen LogP contribution is 2.39. The SMILES string of the molecule is O=C1C[C@@]2(CCN(c3ccncn3)C2)Oc2ccccc21. The van der Waals surface area contributed by atoms with Crippen molar-refractivity contribution in [2.24, 2.45) is 0 Å². The van der Waals surface area contributed by atoms with E-state index >= 15 is 0 Å². The Bertz CT molecular complexity index is 689. The third-order valence-corrected chi connectivity index (χ3v) is 4.20. The number of aromatic nitrogens is 2. The van der Waals surface area contributed by atoms with Gasteiger partial charge in [0, 0.05) is 19.2 Å². The first kappa shape index (κ1) is 12.3. The number of carbonyl (C=O) groups excluding carboxylic acids is 1. The van der Waals surface area contributed by atoms with Gasteiger partial charge in [-0.05, 0) is 18.2 Å². The summed E-state index contributed by atoms with van der Waals surface area (Å²) in [6.07, 6.45) is 4.54. The molecule has 2 aliphatic rings. The third kappa shape index (κ3) is 2.05. The average molecular weight is 281 g/mol. The van der Waals surface area contributed by atoms with Crippen molar-refractivity contribution in [1.29, 1.82) is 0 Å². The molecule has 0 N–H and O–H groups in total. The monoisotopic (exact) mass is 281 g/mol. The second-order valence-corrected chi connectivity index (χ2v) is 5.62. The smallest absolute Gasteiger partial charge is 0.170 e. The molecule has 1 fully saturated rings. The van der Waals surface area contributed by atoms with Crippen LogP contribution in [-0.2, 0) is 0 Å². The summed E-state index contributed by atoms with van der Waals surface area (Å²) in [6.45, 7) is 1.52. The van der Waals surface area contributed by atoms with Crippen LogP contribution in [0.15, 0.2) is 42.9 Å². The Balaban J connectivity index is 1.62. The van der Waals surface area contributed by atoms with Gasteiger partial charge in [-0.1, -0.05) is 12.1 Å². The molecule has 1 saturated heterocycles. The number of hydrogen-bond donors (Lipinski definition) is 0. The maximum absolute atomic E-state index is 12.4. The topological polar surface area (TPSA) is 55.3 Å². The number of fused-ring (bicyclic) bond motifs is 1. The number of para-hydroxylation sites is 1. The van der Waals surface area contributed by atoms with Crippen LogP contribution in [0.1, 0.15) is 23.2 Å². The zero-order chi connectivity index (χ0) is 14.3. The zero-order valence-electron chi connectivity index (χ0n) is 11.5. The van der Waals surface area contributed by atoms with Gasteiger partial charge in [0.15, 0.2) is 5.78 Å². The lowest BCUT2D eigenvalue weighted by molar-refractivity contribution is 0.0538. The lowest BCUT2D eigenvalue weighted by Crippen LogP contribution is -2.44. The first-order chi connectivity index (χ1) is 10.3. The van der Waals surface area contributed by atoms with Crippen LogP contribution in [0.25, 0.3) is 0 Å². The summed E-state index contributed by atoms with van der Waals surface area (Å²) in [4.78, 5) is 22.7. The first-order valence-electron chi connectivity index (χ1n) is 7.08. The second-order valence-electron chi connectivity index (χ2n) is 5.62. The molecule has 0 bridgehead atoms. The number of anilines is 1. The van der Waals surface area contributed by atoms with Gasteiger partial charge in [-0.15, -0.1) is 0 Å². The summed E-state index contributed by atoms with van der Waals surface area (Å²) >= 11 is 0. The largest absolute Gasteiger partial charge is 0.484 e.